The fourth-order valence-electron chi connectivity index (χ4n) is 2.90. The molecule has 0 unspecified atom stereocenters. The average Bonchev–Trinajstić information content (AvgIpc) is 3.05. The van der Waals surface area contributed by atoms with Crippen molar-refractivity contribution in [3.05, 3.63) is 71.1 Å². The van der Waals surface area contributed by atoms with Crippen LogP contribution < -0.4 is 14.2 Å². The van der Waals surface area contributed by atoms with Crippen molar-refractivity contribution in [3.63, 3.8) is 0 Å². The molecule has 1 aliphatic rings. The molecule has 3 aromatic carbocycles. The zero-order valence-electron chi connectivity index (χ0n) is 15.6. The minimum Gasteiger partial charge on any atom is -0.493 e. The molecule has 0 radical (unpaired) electrons. The van der Waals surface area contributed by atoms with Crippen molar-refractivity contribution in [3.8, 4) is 11.5 Å². The summed E-state index contributed by atoms with van der Waals surface area (Å²) in [7, 11) is -2.72. The molecule has 0 aromatic heterocycles. The molecule has 0 aliphatic carbocycles. The van der Waals surface area contributed by atoms with Gasteiger partial charge in [0.05, 0.1) is 12.0 Å². The number of imide groups is 1. The Morgan fingerprint density at radius 3 is 2.40 bits per heavy atom. The topological polar surface area (TPSA) is 98.8 Å². The number of benzene rings is 3. The van der Waals surface area contributed by atoms with Gasteiger partial charge in [-0.2, -0.15) is 8.42 Å². The number of fused-ring (bicyclic) bond motifs is 1. The Bertz CT molecular complexity index is 1310. The molecule has 4 rings (SSSR count). The minimum atomic E-state index is -4.10. The van der Waals surface area contributed by atoms with E-state index < -0.39 is 21.3 Å². The third-order valence-corrected chi connectivity index (χ3v) is 6.38. The summed E-state index contributed by atoms with van der Waals surface area (Å²) in [6, 6.07) is 16.7. The first-order valence-corrected chi connectivity index (χ1v) is 10.9. The van der Waals surface area contributed by atoms with Crippen molar-refractivity contribution in [2.45, 2.75) is 4.90 Å². The summed E-state index contributed by atoms with van der Waals surface area (Å²) in [6.45, 7) is 0. The molecule has 1 saturated heterocycles. The van der Waals surface area contributed by atoms with E-state index in [0.29, 0.717) is 5.56 Å². The summed E-state index contributed by atoms with van der Waals surface area (Å²) in [4.78, 5) is 23.2. The highest BCUT2D eigenvalue weighted by atomic mass is 32.2. The van der Waals surface area contributed by atoms with Gasteiger partial charge in [0, 0.05) is 0 Å². The standard InChI is InChI=1S/C21H15NO6S2/c1-27-18-10-13(11-19-20(23)22-21(24)29-19)6-9-17(18)28-30(25,26)16-8-7-14-4-2-3-5-15(14)12-16/h2-12H,1H3,(H,22,23,24)/b19-11-. The van der Waals surface area contributed by atoms with Gasteiger partial charge in [-0.05, 0) is 58.4 Å². The molecule has 1 heterocycles. The fourth-order valence-corrected chi connectivity index (χ4v) is 4.56. The second-order valence-corrected chi connectivity index (χ2v) is 8.87. The predicted molar refractivity (Wildman–Crippen MR) is 114 cm³/mol. The number of thioether (sulfide) groups is 1. The molecule has 0 bridgehead atoms. The number of carbonyl (C=O) groups is 2. The minimum absolute atomic E-state index is 0.00686. The van der Waals surface area contributed by atoms with Crippen LogP contribution in [0.4, 0.5) is 4.79 Å². The first kappa shape index (κ1) is 20.0. The van der Waals surface area contributed by atoms with Gasteiger partial charge in [0.25, 0.3) is 11.1 Å². The third kappa shape index (κ3) is 4.03. The average molecular weight is 441 g/mol. The van der Waals surface area contributed by atoms with E-state index in [-0.39, 0.29) is 21.3 Å². The smallest absolute Gasteiger partial charge is 0.339 e. The summed E-state index contributed by atoms with van der Waals surface area (Å²) in [5.41, 5.74) is 0.551. The lowest BCUT2D eigenvalue weighted by atomic mass is 10.1. The van der Waals surface area contributed by atoms with Crippen molar-refractivity contribution in [1.29, 1.82) is 0 Å². The highest BCUT2D eigenvalue weighted by molar-refractivity contribution is 8.18. The SMILES string of the molecule is COc1cc(/C=C2\SC(=O)NC2=O)ccc1OS(=O)(=O)c1ccc2ccccc2c1. The van der Waals surface area contributed by atoms with Crippen molar-refractivity contribution in [2.24, 2.45) is 0 Å². The summed E-state index contributed by atoms with van der Waals surface area (Å²) in [5.74, 6) is -0.306. The van der Waals surface area contributed by atoms with Gasteiger partial charge in [-0.15, -0.1) is 0 Å². The van der Waals surface area contributed by atoms with E-state index >= 15 is 0 Å². The van der Waals surface area contributed by atoms with E-state index in [2.05, 4.69) is 5.32 Å². The van der Waals surface area contributed by atoms with Gasteiger partial charge >= 0.3 is 10.1 Å². The monoisotopic (exact) mass is 441 g/mol. The molecular weight excluding hydrogens is 426 g/mol. The van der Waals surface area contributed by atoms with Crippen molar-refractivity contribution in [1.82, 2.24) is 5.32 Å². The maximum Gasteiger partial charge on any atom is 0.339 e. The van der Waals surface area contributed by atoms with Crippen LogP contribution in [-0.2, 0) is 14.9 Å². The molecule has 0 spiro atoms. The van der Waals surface area contributed by atoms with Crippen LogP contribution >= 0.6 is 11.8 Å². The van der Waals surface area contributed by atoms with Crippen molar-refractivity contribution >= 4 is 49.9 Å². The van der Waals surface area contributed by atoms with Crippen molar-refractivity contribution in [2.75, 3.05) is 7.11 Å². The van der Waals surface area contributed by atoms with Gasteiger partial charge in [0.2, 0.25) is 0 Å². The van der Waals surface area contributed by atoms with Gasteiger partial charge < -0.3 is 8.92 Å². The Morgan fingerprint density at radius 2 is 1.70 bits per heavy atom. The summed E-state index contributed by atoms with van der Waals surface area (Å²) >= 11 is 0.788. The molecule has 1 N–H and O–H groups in total. The van der Waals surface area contributed by atoms with E-state index in [9.17, 15) is 18.0 Å². The second kappa shape index (κ2) is 7.85. The number of nitrogens with one attached hydrogen (secondary N) is 1. The van der Waals surface area contributed by atoms with Crippen LogP contribution in [0.5, 0.6) is 11.5 Å². The molecule has 152 valence electrons. The lowest BCUT2D eigenvalue weighted by molar-refractivity contribution is -0.115. The number of ether oxygens (including phenoxy) is 1. The van der Waals surface area contributed by atoms with Crippen LogP contribution in [0, 0.1) is 0 Å². The highest BCUT2D eigenvalue weighted by Gasteiger charge is 2.25. The van der Waals surface area contributed by atoms with Crippen LogP contribution in [-0.4, -0.2) is 26.7 Å². The number of rotatable bonds is 5. The summed E-state index contributed by atoms with van der Waals surface area (Å²) in [6.07, 6.45) is 1.51. The molecule has 1 aliphatic heterocycles. The summed E-state index contributed by atoms with van der Waals surface area (Å²) < 4.78 is 36.1. The largest absolute Gasteiger partial charge is 0.493 e. The summed E-state index contributed by atoms with van der Waals surface area (Å²) in [5, 5.41) is 3.42. The number of methoxy groups -OCH3 is 1. The zero-order valence-corrected chi connectivity index (χ0v) is 17.2. The Kier molecular flexibility index (Phi) is 5.23. The Morgan fingerprint density at radius 1 is 0.933 bits per heavy atom. The van der Waals surface area contributed by atoms with Crippen LogP contribution in [0.15, 0.2) is 70.5 Å². The Labute approximate surface area is 176 Å². The fraction of sp³-hybridized carbons (Fsp3) is 0.0476. The molecule has 7 nitrogen and oxygen atoms in total. The molecule has 30 heavy (non-hydrogen) atoms. The van der Waals surface area contributed by atoms with E-state index in [1.54, 1.807) is 18.2 Å². The van der Waals surface area contributed by atoms with Gasteiger partial charge in [-0.25, -0.2) is 0 Å². The van der Waals surface area contributed by atoms with Crippen LogP contribution in [0.3, 0.4) is 0 Å². The van der Waals surface area contributed by atoms with Crippen molar-refractivity contribution < 1.29 is 26.9 Å². The Hall–Kier alpha value is -3.30. The Balaban J connectivity index is 1.64. The third-order valence-electron chi connectivity index (χ3n) is 4.34. The van der Waals surface area contributed by atoms with Crippen LogP contribution in [0.1, 0.15) is 5.56 Å². The molecule has 2 amide bonds. The number of hydrogen-bond acceptors (Lipinski definition) is 7. The van der Waals surface area contributed by atoms with E-state index in [0.717, 1.165) is 22.5 Å². The van der Waals surface area contributed by atoms with Gasteiger partial charge in [-0.3, -0.25) is 14.9 Å². The number of hydrogen-bond donors (Lipinski definition) is 1. The van der Waals surface area contributed by atoms with E-state index in [4.69, 9.17) is 8.92 Å². The lowest BCUT2D eigenvalue weighted by Gasteiger charge is -2.12. The molecule has 3 aromatic rings. The first-order valence-electron chi connectivity index (χ1n) is 8.72. The molecule has 1 fully saturated rings. The van der Waals surface area contributed by atoms with E-state index in [1.807, 2.05) is 24.3 Å². The van der Waals surface area contributed by atoms with Gasteiger partial charge in [0.15, 0.2) is 11.5 Å². The second-order valence-electron chi connectivity index (χ2n) is 6.31. The molecule has 0 saturated carbocycles. The maximum atomic E-state index is 12.8. The normalized spacial score (nSPS) is 15.4. The first-order chi connectivity index (χ1) is 14.4. The zero-order chi connectivity index (χ0) is 21.3. The molecular formula is C21H15NO6S2. The molecule has 9 heteroatoms. The predicted octanol–water partition coefficient (Wildman–Crippen LogP) is 3.94. The maximum absolute atomic E-state index is 12.8. The number of amides is 2. The van der Waals surface area contributed by atoms with E-state index in [1.165, 1.54) is 31.4 Å². The van der Waals surface area contributed by atoms with Crippen LogP contribution in [0.2, 0.25) is 0 Å². The van der Waals surface area contributed by atoms with Gasteiger partial charge in [0.1, 0.15) is 4.90 Å². The quantitative estimate of drug-likeness (QED) is 0.473. The van der Waals surface area contributed by atoms with Crippen LogP contribution in [0.25, 0.3) is 16.8 Å². The lowest BCUT2D eigenvalue weighted by Crippen LogP contribution is -2.17. The molecule has 0 atom stereocenters. The number of carbonyl (C=O) groups excluding carboxylic acids is 2. The highest BCUT2D eigenvalue weighted by Crippen LogP contribution is 2.33. The van der Waals surface area contributed by atoms with Gasteiger partial charge in [-0.1, -0.05) is 36.4 Å².